The van der Waals surface area contributed by atoms with Gasteiger partial charge in [-0.05, 0) is 0 Å². The van der Waals surface area contributed by atoms with Crippen LogP contribution in [0.2, 0.25) is 0 Å². The average molecular weight is 188 g/mol. The van der Waals surface area contributed by atoms with E-state index in [0.29, 0.717) is 0 Å². The summed E-state index contributed by atoms with van der Waals surface area (Å²) in [6.45, 7) is 0. The monoisotopic (exact) mass is 188 g/mol. The van der Waals surface area contributed by atoms with Crippen molar-refractivity contribution in [3.05, 3.63) is 12.0 Å². The maximum Gasteiger partial charge on any atom is 0.337 e. The third-order valence-corrected chi connectivity index (χ3v) is 0.652. The Morgan fingerprint density at radius 3 is 2.20 bits per heavy atom. The van der Waals surface area contributed by atoms with E-state index in [9.17, 15) is 4.79 Å². The van der Waals surface area contributed by atoms with Crippen molar-refractivity contribution in [3.63, 3.8) is 0 Å². The predicted molar refractivity (Wildman–Crippen MR) is 29.7 cm³/mol. The molecule has 0 aliphatic carbocycles. The van der Waals surface area contributed by atoms with Crippen LogP contribution in [0.3, 0.4) is 0 Å². The van der Waals surface area contributed by atoms with Crippen LogP contribution in [0.15, 0.2) is 12.0 Å². The third kappa shape index (κ3) is 5.47. The molecule has 0 spiro atoms. The van der Waals surface area contributed by atoms with E-state index in [4.69, 9.17) is 5.11 Å². The van der Waals surface area contributed by atoms with Crippen molar-refractivity contribution in [3.8, 4) is 0 Å². The van der Waals surface area contributed by atoms with Gasteiger partial charge in [0, 0.05) is 17.1 Å². The summed E-state index contributed by atoms with van der Waals surface area (Å²) in [4.78, 5) is 10.2. The number of ether oxygens (including phenoxy) is 2. The van der Waals surface area contributed by atoms with Gasteiger partial charge in [-0.15, -0.1) is 0 Å². The van der Waals surface area contributed by atoms with Gasteiger partial charge in [-0.25, -0.2) is 4.79 Å². The first kappa shape index (κ1) is 12.0. The van der Waals surface area contributed by atoms with Crippen LogP contribution < -0.4 is 0 Å². The van der Waals surface area contributed by atoms with Crippen molar-refractivity contribution in [1.82, 2.24) is 0 Å². The Morgan fingerprint density at radius 1 is 1.40 bits per heavy atom. The van der Waals surface area contributed by atoms with Gasteiger partial charge in [0.15, 0.2) is 0 Å². The Hall–Kier alpha value is -0.671. The van der Waals surface area contributed by atoms with E-state index in [0.717, 1.165) is 6.08 Å². The van der Waals surface area contributed by atoms with Crippen LogP contribution in [0, 0.1) is 0 Å². The van der Waals surface area contributed by atoms with E-state index in [1.54, 1.807) is 0 Å². The molecule has 0 bridgehead atoms. The van der Waals surface area contributed by atoms with Crippen LogP contribution in [-0.4, -0.2) is 25.3 Å². The number of aliphatic hydroxyl groups excluding tert-OH is 1. The number of esters is 1. The molecule has 0 aliphatic heterocycles. The normalized spacial score (nSPS) is 9.60. The maximum absolute atomic E-state index is 10.2. The largest absolute Gasteiger partial charge is 0.481 e. The molecule has 0 fully saturated rings. The first-order chi connectivity index (χ1) is 4.20. The zero-order valence-corrected chi connectivity index (χ0v) is 6.71. The molecule has 0 amide bonds. The summed E-state index contributed by atoms with van der Waals surface area (Å²) >= 11 is 0. The molecule has 1 N–H and O–H groups in total. The van der Waals surface area contributed by atoms with Crippen LogP contribution in [0.1, 0.15) is 0 Å². The molecule has 0 aliphatic rings. The molecule has 0 unspecified atom stereocenters. The minimum atomic E-state index is -0.644. The quantitative estimate of drug-likeness (QED) is 0.291. The molecule has 0 aromatic heterocycles. The summed E-state index contributed by atoms with van der Waals surface area (Å²) in [5, 5.41) is 8.50. The molecule has 0 saturated heterocycles. The maximum atomic E-state index is 10.2. The number of rotatable bonds is 2. The fourth-order valence-corrected chi connectivity index (χ4v) is 0.219. The number of hydrogen-bond acceptors (Lipinski definition) is 4. The zero-order chi connectivity index (χ0) is 7.28. The zero-order valence-electron chi connectivity index (χ0n) is 5.60. The van der Waals surface area contributed by atoms with Crippen molar-refractivity contribution < 1.29 is 36.4 Å². The van der Waals surface area contributed by atoms with Crippen LogP contribution in [0.5, 0.6) is 0 Å². The standard InChI is InChI=1S/C5H8O4.Fe/c1-8-4(6)3-5(7)9-2;/h3,6H,1-2H3;/b4-3+;. The van der Waals surface area contributed by atoms with Crippen molar-refractivity contribution in [2.75, 3.05) is 14.2 Å². The number of methoxy groups -OCH3 is 2. The van der Waals surface area contributed by atoms with Crippen LogP contribution >= 0.6 is 0 Å². The number of aliphatic hydroxyl groups is 1. The molecule has 0 aromatic carbocycles. The molecule has 0 heterocycles. The summed E-state index contributed by atoms with van der Waals surface area (Å²) in [6, 6.07) is 0. The van der Waals surface area contributed by atoms with Gasteiger partial charge < -0.3 is 14.6 Å². The van der Waals surface area contributed by atoms with E-state index < -0.39 is 11.9 Å². The van der Waals surface area contributed by atoms with Crippen LogP contribution in [0.4, 0.5) is 0 Å². The fraction of sp³-hybridized carbons (Fsp3) is 0.400. The Bertz CT molecular complexity index is 132. The molecule has 0 aromatic rings. The van der Waals surface area contributed by atoms with Gasteiger partial charge in [0.2, 0.25) is 0 Å². The topological polar surface area (TPSA) is 55.8 Å². The second-order valence-corrected chi connectivity index (χ2v) is 1.21. The number of carbonyl (C=O) groups is 1. The smallest absolute Gasteiger partial charge is 0.337 e. The first-order valence-electron chi connectivity index (χ1n) is 2.23. The van der Waals surface area contributed by atoms with Gasteiger partial charge in [-0.2, -0.15) is 0 Å². The Balaban J connectivity index is 0. The third-order valence-electron chi connectivity index (χ3n) is 0.652. The van der Waals surface area contributed by atoms with Crippen molar-refractivity contribution in [2.45, 2.75) is 0 Å². The molecular formula is C5H8FeO4. The molecule has 0 rings (SSSR count). The van der Waals surface area contributed by atoms with Gasteiger partial charge in [-0.3, -0.25) is 0 Å². The van der Waals surface area contributed by atoms with Crippen LogP contribution in [-0.2, 0) is 31.3 Å². The van der Waals surface area contributed by atoms with Crippen LogP contribution in [0.25, 0.3) is 0 Å². The molecule has 0 saturated carbocycles. The second kappa shape index (κ2) is 6.45. The molecular weight excluding hydrogens is 180 g/mol. The molecule has 0 radical (unpaired) electrons. The Labute approximate surface area is 69.3 Å². The van der Waals surface area contributed by atoms with E-state index in [2.05, 4.69) is 9.47 Å². The van der Waals surface area contributed by atoms with E-state index >= 15 is 0 Å². The van der Waals surface area contributed by atoms with E-state index in [-0.39, 0.29) is 17.1 Å². The molecule has 10 heavy (non-hydrogen) atoms. The minimum absolute atomic E-state index is 0. The van der Waals surface area contributed by atoms with E-state index in [1.807, 2.05) is 0 Å². The molecule has 0 atom stereocenters. The summed E-state index contributed by atoms with van der Waals surface area (Å²) in [5.41, 5.74) is 0. The number of hydrogen-bond donors (Lipinski definition) is 1. The average Bonchev–Trinajstić information content (AvgIpc) is 1.87. The molecule has 4 nitrogen and oxygen atoms in total. The van der Waals surface area contributed by atoms with Gasteiger partial charge in [-0.1, -0.05) is 0 Å². The van der Waals surface area contributed by atoms with Crippen molar-refractivity contribution >= 4 is 5.97 Å². The SMILES string of the molecule is COC(=O)/C=C(\O)OC.[Fe]. The minimum Gasteiger partial charge on any atom is -0.481 e. The van der Waals surface area contributed by atoms with E-state index in [1.165, 1.54) is 14.2 Å². The van der Waals surface area contributed by atoms with Crippen molar-refractivity contribution in [2.24, 2.45) is 0 Å². The predicted octanol–water partition coefficient (Wildman–Crippen LogP) is 0.203. The van der Waals surface area contributed by atoms with Gasteiger partial charge >= 0.3 is 5.97 Å². The molecule has 5 heteroatoms. The Kier molecular flexibility index (Phi) is 7.77. The number of carbonyl (C=O) groups excluding carboxylic acids is 1. The second-order valence-electron chi connectivity index (χ2n) is 1.21. The Morgan fingerprint density at radius 2 is 1.90 bits per heavy atom. The summed E-state index contributed by atoms with van der Waals surface area (Å²) in [7, 11) is 2.45. The van der Waals surface area contributed by atoms with Gasteiger partial charge in [0.1, 0.15) is 6.08 Å². The first-order valence-corrected chi connectivity index (χ1v) is 2.23. The fourth-order valence-electron chi connectivity index (χ4n) is 0.219. The van der Waals surface area contributed by atoms with Crippen molar-refractivity contribution in [1.29, 1.82) is 0 Å². The van der Waals surface area contributed by atoms with Gasteiger partial charge in [0.05, 0.1) is 14.2 Å². The summed E-state index contributed by atoms with van der Waals surface area (Å²) in [6.07, 6.45) is 0.833. The van der Waals surface area contributed by atoms with Gasteiger partial charge in [0.25, 0.3) is 5.95 Å². The summed E-state index contributed by atoms with van der Waals surface area (Å²) in [5.74, 6) is -1.10. The molecule has 60 valence electrons. The summed E-state index contributed by atoms with van der Waals surface area (Å²) < 4.78 is 8.41.